The monoisotopic (exact) mass is 710 g/mol. The van der Waals surface area contributed by atoms with E-state index in [4.69, 9.17) is 45.0 Å². The minimum Gasteiger partial charge on any atom is -0.508 e. The molecule has 3 aliphatic heterocycles. The largest absolute Gasteiger partial charge is 0.508 e. The highest BCUT2D eigenvalue weighted by Crippen LogP contribution is 2.48. The molecule has 0 amide bonds. The molecule has 17 heteroatoms. The Morgan fingerprint density at radius 2 is 1.24 bits per heavy atom. The molecule has 1 unspecified atom stereocenters. The summed E-state index contributed by atoms with van der Waals surface area (Å²) in [6.07, 6.45) is 0.242. The van der Waals surface area contributed by atoms with Crippen LogP contribution in [0.25, 0.3) is 0 Å². The van der Waals surface area contributed by atoms with Gasteiger partial charge in [-0.2, -0.15) is 15.8 Å². The summed E-state index contributed by atoms with van der Waals surface area (Å²) >= 11 is 0. The molecule has 0 bridgehead atoms. The Kier molecular flexibility index (Phi) is 11.8. The van der Waals surface area contributed by atoms with E-state index in [1.807, 2.05) is 6.07 Å². The average Bonchev–Trinajstić information content (AvgIpc) is 3.78. The highest BCUT2D eigenvalue weighted by atomic mass is 19.2. The standard InChI is InChI=1S/C17H9F3N2O3.C7H3F3O.C7H6O3.C3H2N2/c18-10-1-7(2-11(19)16(10)20)15-8-3-13-14(24-6-23-13)4-12(8)25-17(22)9(15)5-21;8-5-1-4(3-11)2-6(9)7(5)10;8-5-1-2-6-7(3-5)10-4-9-6;4-2-1-3-5/h1-4,15H,6,22H2;1-3H;1-3,8H,4H2;1H2. The van der Waals surface area contributed by atoms with Gasteiger partial charge in [-0.1, -0.05) is 0 Å². The van der Waals surface area contributed by atoms with Crippen LogP contribution in [0.5, 0.6) is 34.5 Å². The Bertz CT molecular complexity index is 2090. The lowest BCUT2D eigenvalue weighted by molar-refractivity contribution is 0.112. The van der Waals surface area contributed by atoms with E-state index in [1.54, 1.807) is 30.3 Å². The smallest absolute Gasteiger partial charge is 0.231 e. The van der Waals surface area contributed by atoms with Crippen LogP contribution in [0, 0.1) is 68.9 Å². The fourth-order valence-electron chi connectivity index (χ4n) is 4.50. The van der Waals surface area contributed by atoms with Gasteiger partial charge in [0.1, 0.15) is 35.8 Å². The van der Waals surface area contributed by atoms with Crippen molar-refractivity contribution in [3.63, 3.8) is 0 Å². The van der Waals surface area contributed by atoms with E-state index >= 15 is 0 Å². The second-order valence-electron chi connectivity index (χ2n) is 9.91. The van der Waals surface area contributed by atoms with Crippen molar-refractivity contribution in [3.8, 4) is 52.7 Å². The third kappa shape index (κ3) is 8.51. The lowest BCUT2D eigenvalue weighted by Gasteiger charge is -2.26. The van der Waals surface area contributed by atoms with Crippen molar-refractivity contribution >= 4 is 6.29 Å². The Labute approximate surface area is 284 Å². The maximum Gasteiger partial charge on any atom is 0.231 e. The average molecular weight is 711 g/mol. The van der Waals surface area contributed by atoms with E-state index in [0.717, 1.165) is 12.1 Å². The number of carbonyl (C=O) groups excluding carboxylic acids is 1. The van der Waals surface area contributed by atoms with Crippen LogP contribution in [0.3, 0.4) is 0 Å². The number of allylic oxidation sites excluding steroid dienone is 1. The fourth-order valence-corrected chi connectivity index (χ4v) is 4.50. The van der Waals surface area contributed by atoms with Crippen molar-refractivity contribution < 1.29 is 59.9 Å². The summed E-state index contributed by atoms with van der Waals surface area (Å²) in [4.78, 5) is 9.97. The molecule has 3 N–H and O–H groups in total. The fraction of sp³-hybridized carbons (Fsp3) is 0.118. The zero-order valence-corrected chi connectivity index (χ0v) is 25.6. The molecule has 0 aromatic heterocycles. The third-order valence-corrected chi connectivity index (χ3v) is 6.71. The van der Waals surface area contributed by atoms with Crippen molar-refractivity contribution in [1.29, 1.82) is 15.8 Å². The van der Waals surface area contributed by atoms with E-state index in [1.165, 1.54) is 12.1 Å². The van der Waals surface area contributed by atoms with Gasteiger partial charge >= 0.3 is 0 Å². The van der Waals surface area contributed by atoms with Gasteiger partial charge in [-0.05, 0) is 48.0 Å². The van der Waals surface area contributed by atoms with E-state index < -0.39 is 40.8 Å². The third-order valence-electron chi connectivity index (χ3n) is 6.71. The van der Waals surface area contributed by atoms with Gasteiger partial charge in [0, 0.05) is 23.3 Å². The van der Waals surface area contributed by atoms with Crippen molar-refractivity contribution in [1.82, 2.24) is 0 Å². The predicted molar refractivity (Wildman–Crippen MR) is 160 cm³/mol. The number of nitriles is 3. The minimum atomic E-state index is -1.59. The maximum atomic E-state index is 13.7. The molecule has 4 aromatic rings. The summed E-state index contributed by atoms with van der Waals surface area (Å²) in [5.74, 6) is -7.14. The van der Waals surface area contributed by atoms with E-state index in [0.29, 0.717) is 40.7 Å². The highest BCUT2D eigenvalue weighted by molar-refractivity contribution is 5.74. The number of rotatable bonds is 2. The first-order chi connectivity index (χ1) is 24.4. The molecule has 0 spiro atoms. The molecule has 3 heterocycles. The number of aromatic hydroxyl groups is 1. The number of hydrogen-bond donors (Lipinski definition) is 2. The lowest BCUT2D eigenvalue weighted by Crippen LogP contribution is -2.21. The molecule has 0 saturated carbocycles. The number of nitrogens with two attached hydrogens (primary N) is 1. The van der Waals surface area contributed by atoms with Crippen LogP contribution in [0.1, 0.15) is 33.8 Å². The summed E-state index contributed by atoms with van der Waals surface area (Å²) < 4.78 is 103. The lowest BCUT2D eigenvalue weighted by atomic mass is 9.83. The Morgan fingerprint density at radius 3 is 1.75 bits per heavy atom. The molecule has 1 atom stereocenters. The van der Waals surface area contributed by atoms with Crippen molar-refractivity contribution in [2.24, 2.45) is 5.73 Å². The van der Waals surface area contributed by atoms with Crippen LogP contribution in [0.4, 0.5) is 26.3 Å². The molecule has 260 valence electrons. The number of carbonyl (C=O) groups is 1. The summed E-state index contributed by atoms with van der Waals surface area (Å²) in [6, 6.07) is 15.9. The Hall–Kier alpha value is -7.06. The van der Waals surface area contributed by atoms with Gasteiger partial charge in [0.25, 0.3) is 0 Å². The summed E-state index contributed by atoms with van der Waals surface area (Å²) in [7, 11) is 0. The summed E-state index contributed by atoms with van der Waals surface area (Å²) in [5.41, 5.74) is 5.95. The number of fused-ring (bicyclic) bond motifs is 3. The van der Waals surface area contributed by atoms with Crippen molar-refractivity contribution in [3.05, 3.63) is 118 Å². The first-order valence-electron chi connectivity index (χ1n) is 14.0. The van der Waals surface area contributed by atoms with Gasteiger partial charge in [0.05, 0.1) is 18.1 Å². The minimum absolute atomic E-state index is 0. The Morgan fingerprint density at radius 1 is 0.725 bits per heavy atom. The van der Waals surface area contributed by atoms with Gasteiger partial charge in [0.2, 0.25) is 19.5 Å². The quantitative estimate of drug-likeness (QED) is 0.131. The normalized spacial score (nSPS) is 13.9. The first-order valence-corrected chi connectivity index (χ1v) is 14.0. The molecule has 3 aliphatic rings. The second kappa shape index (κ2) is 16.4. The topological polar surface area (TPSA) is 181 Å². The number of phenols is 1. The van der Waals surface area contributed by atoms with Crippen LogP contribution in [0.15, 0.2) is 66.1 Å². The van der Waals surface area contributed by atoms with Crippen LogP contribution in [-0.4, -0.2) is 25.0 Å². The molecule has 7 rings (SSSR count). The van der Waals surface area contributed by atoms with Crippen molar-refractivity contribution in [2.75, 3.05) is 13.6 Å². The molecular formula is C34H20F6N4O7. The SMILES string of the molecule is N#CC1=C(N)Oc2cc3c(cc2C1c1cc(F)c(F)c(F)c1)OCO3.N#CCC#N.O=Cc1cc(F)c(F)c(F)c1.Oc1ccc2c(c1)OCO2. The number of nitrogens with zero attached hydrogens (tertiary/aromatic N) is 3. The van der Waals surface area contributed by atoms with E-state index in [-0.39, 0.29) is 60.4 Å². The van der Waals surface area contributed by atoms with Crippen molar-refractivity contribution in [2.45, 2.75) is 12.3 Å². The van der Waals surface area contributed by atoms with E-state index in [2.05, 4.69) is 0 Å². The molecule has 0 saturated heterocycles. The number of benzene rings is 4. The van der Waals surface area contributed by atoms with Crippen LogP contribution in [0.2, 0.25) is 0 Å². The molecule has 0 fully saturated rings. The number of phenolic OH excluding ortho intramolecular Hbond substituents is 1. The molecular weight excluding hydrogens is 690 g/mol. The van der Waals surface area contributed by atoms with Gasteiger partial charge in [-0.25, -0.2) is 26.3 Å². The zero-order valence-electron chi connectivity index (χ0n) is 25.6. The predicted octanol–water partition coefficient (Wildman–Crippen LogP) is 6.51. The van der Waals surface area contributed by atoms with Crippen LogP contribution in [-0.2, 0) is 0 Å². The molecule has 11 nitrogen and oxygen atoms in total. The number of hydrogen-bond acceptors (Lipinski definition) is 11. The maximum absolute atomic E-state index is 13.7. The van der Waals surface area contributed by atoms with Crippen LogP contribution >= 0.6 is 0 Å². The molecule has 4 aromatic carbocycles. The second-order valence-corrected chi connectivity index (χ2v) is 9.91. The number of ether oxygens (including phenoxy) is 5. The Balaban J connectivity index is 0.000000184. The molecule has 0 aliphatic carbocycles. The molecule has 51 heavy (non-hydrogen) atoms. The van der Waals surface area contributed by atoms with E-state index in [9.17, 15) is 36.4 Å². The molecule has 0 radical (unpaired) electrons. The van der Waals surface area contributed by atoms with Crippen LogP contribution < -0.4 is 29.4 Å². The summed E-state index contributed by atoms with van der Waals surface area (Å²) in [6.45, 7) is 0.259. The number of halogens is 6. The first kappa shape index (κ1) is 36.8. The van der Waals surface area contributed by atoms with Gasteiger partial charge < -0.3 is 34.5 Å². The highest BCUT2D eigenvalue weighted by Gasteiger charge is 2.34. The zero-order chi connectivity index (χ0) is 37.2. The van der Waals surface area contributed by atoms with Gasteiger partial charge in [-0.15, -0.1) is 0 Å². The summed E-state index contributed by atoms with van der Waals surface area (Å²) in [5, 5.41) is 33.6. The number of aldehydes is 1. The van der Waals surface area contributed by atoms with Gasteiger partial charge in [-0.3, -0.25) is 4.79 Å². The van der Waals surface area contributed by atoms with Gasteiger partial charge in [0.15, 0.2) is 57.9 Å².